The minimum absolute atomic E-state index is 0.163. The third-order valence-electron chi connectivity index (χ3n) is 4.00. The van der Waals surface area contributed by atoms with Crippen molar-refractivity contribution in [3.63, 3.8) is 0 Å². The largest absolute Gasteiger partial charge is 0.480 e. The molecule has 0 unspecified atom stereocenters. The summed E-state index contributed by atoms with van der Waals surface area (Å²) in [4.78, 5) is 24.3. The molecular weight excluding hydrogens is 320 g/mol. The number of carboxylic acids is 1. The lowest BCUT2D eigenvalue weighted by molar-refractivity contribution is -0.137. The molecule has 0 bridgehead atoms. The molecule has 0 saturated carbocycles. The third kappa shape index (κ3) is 2.75. The van der Waals surface area contributed by atoms with E-state index in [1.165, 1.54) is 17.8 Å². The van der Waals surface area contributed by atoms with Gasteiger partial charge in [0.2, 0.25) is 0 Å². The van der Waals surface area contributed by atoms with Crippen molar-refractivity contribution in [3.05, 3.63) is 46.8 Å². The number of amides is 1. The van der Waals surface area contributed by atoms with E-state index in [0.717, 1.165) is 34.7 Å². The predicted molar refractivity (Wildman–Crippen MR) is 80.1 cm³/mol. The number of aromatic nitrogens is 2. The van der Waals surface area contributed by atoms with E-state index in [4.69, 9.17) is 5.11 Å². The number of carbonyl (C=O) groups is 2. The molecule has 1 N–H and O–H groups in total. The van der Waals surface area contributed by atoms with Gasteiger partial charge in [-0.15, -0.1) is 0 Å². The first-order valence-electron chi connectivity index (χ1n) is 7.42. The molecule has 0 saturated heterocycles. The average molecular weight is 335 g/mol. The van der Waals surface area contributed by atoms with E-state index in [0.29, 0.717) is 18.5 Å². The van der Waals surface area contributed by atoms with Gasteiger partial charge in [0.25, 0.3) is 5.91 Å². The molecule has 3 rings (SSSR count). The smallest absolute Gasteiger partial charge is 0.323 e. The Balaban J connectivity index is 2.03. The summed E-state index contributed by atoms with van der Waals surface area (Å²) in [5.74, 6) is -3.58. The van der Waals surface area contributed by atoms with Gasteiger partial charge in [-0.25, -0.2) is 13.5 Å². The van der Waals surface area contributed by atoms with Crippen molar-refractivity contribution >= 4 is 11.9 Å². The van der Waals surface area contributed by atoms with Crippen LogP contribution < -0.4 is 0 Å². The number of likely N-dealkylation sites (N-methyl/N-ethyl adjacent to an activating group) is 1. The molecule has 1 aromatic heterocycles. The van der Waals surface area contributed by atoms with Gasteiger partial charge < -0.3 is 10.0 Å². The second-order valence-electron chi connectivity index (χ2n) is 5.69. The zero-order valence-corrected chi connectivity index (χ0v) is 12.9. The van der Waals surface area contributed by atoms with Gasteiger partial charge >= 0.3 is 5.97 Å². The quantitative estimate of drug-likeness (QED) is 0.924. The second kappa shape index (κ2) is 6.03. The number of rotatable bonds is 4. The molecular formula is C16H15F2N3O3. The van der Waals surface area contributed by atoms with Crippen molar-refractivity contribution in [1.82, 2.24) is 14.7 Å². The number of fused-ring (bicyclic) bond motifs is 1. The van der Waals surface area contributed by atoms with Crippen LogP contribution >= 0.6 is 0 Å². The maximum Gasteiger partial charge on any atom is 0.323 e. The van der Waals surface area contributed by atoms with E-state index >= 15 is 0 Å². The van der Waals surface area contributed by atoms with E-state index in [1.807, 2.05) is 0 Å². The highest BCUT2D eigenvalue weighted by Crippen LogP contribution is 2.28. The van der Waals surface area contributed by atoms with Crippen LogP contribution in [0.2, 0.25) is 0 Å². The van der Waals surface area contributed by atoms with Gasteiger partial charge in [-0.2, -0.15) is 5.10 Å². The van der Waals surface area contributed by atoms with E-state index in [1.54, 1.807) is 0 Å². The van der Waals surface area contributed by atoms with Crippen LogP contribution in [-0.4, -0.2) is 45.3 Å². The number of carbonyl (C=O) groups excluding carboxylic acids is 1. The summed E-state index contributed by atoms with van der Waals surface area (Å²) in [6, 6.07) is 3.42. The van der Waals surface area contributed by atoms with Crippen LogP contribution in [0.5, 0.6) is 0 Å². The monoisotopic (exact) mass is 335 g/mol. The van der Waals surface area contributed by atoms with Crippen LogP contribution in [0.15, 0.2) is 18.2 Å². The van der Waals surface area contributed by atoms with Crippen molar-refractivity contribution in [2.24, 2.45) is 0 Å². The first kappa shape index (κ1) is 16.1. The first-order chi connectivity index (χ1) is 11.4. The highest BCUT2D eigenvalue weighted by molar-refractivity contribution is 5.95. The lowest BCUT2D eigenvalue weighted by Gasteiger charge is -2.13. The first-order valence-corrected chi connectivity index (χ1v) is 7.42. The minimum Gasteiger partial charge on any atom is -0.480 e. The van der Waals surface area contributed by atoms with Crippen LogP contribution in [0, 0.1) is 11.6 Å². The molecule has 1 aromatic carbocycles. The van der Waals surface area contributed by atoms with E-state index in [9.17, 15) is 18.4 Å². The molecule has 2 aromatic rings. The number of nitrogens with zero attached hydrogens (tertiary/aromatic N) is 3. The molecule has 0 fully saturated rings. The molecule has 0 atom stereocenters. The summed E-state index contributed by atoms with van der Waals surface area (Å²) in [6.45, 7) is -0.439. The Labute approximate surface area is 136 Å². The lowest BCUT2D eigenvalue weighted by atomic mass is 10.2. The second-order valence-corrected chi connectivity index (χ2v) is 5.69. The standard InChI is InChI=1S/C16H15F2N3O3/c1-20(8-14(22)23)16(24)15-10-3-2-4-13(10)21(19-15)9-5-6-11(17)12(18)7-9/h5-7H,2-4,8H2,1H3,(H,22,23). The molecule has 1 amide bonds. The zero-order valence-electron chi connectivity index (χ0n) is 12.9. The molecule has 0 aliphatic heterocycles. The van der Waals surface area contributed by atoms with E-state index in [2.05, 4.69) is 5.10 Å². The molecule has 1 aliphatic rings. The number of carboxylic acid groups (broad SMARTS) is 1. The topological polar surface area (TPSA) is 75.4 Å². The van der Waals surface area contributed by atoms with Gasteiger partial charge in [0.05, 0.1) is 5.69 Å². The summed E-state index contributed by atoms with van der Waals surface area (Å²) in [5.41, 5.74) is 2.00. The minimum atomic E-state index is -1.12. The fraction of sp³-hybridized carbons (Fsp3) is 0.312. The van der Waals surface area contributed by atoms with Crippen LogP contribution in [-0.2, 0) is 17.6 Å². The summed E-state index contributed by atoms with van der Waals surface area (Å²) >= 11 is 0. The van der Waals surface area contributed by atoms with Gasteiger partial charge in [0.1, 0.15) is 6.54 Å². The normalized spacial score (nSPS) is 13.0. The summed E-state index contributed by atoms with van der Waals surface area (Å²) in [7, 11) is 1.38. The molecule has 8 heteroatoms. The van der Waals surface area contributed by atoms with Crippen LogP contribution in [0.3, 0.4) is 0 Å². The van der Waals surface area contributed by atoms with Crippen molar-refractivity contribution in [3.8, 4) is 5.69 Å². The Morgan fingerprint density at radius 2 is 2.04 bits per heavy atom. The highest BCUT2D eigenvalue weighted by atomic mass is 19.2. The van der Waals surface area contributed by atoms with Crippen molar-refractivity contribution in [1.29, 1.82) is 0 Å². The van der Waals surface area contributed by atoms with E-state index in [-0.39, 0.29) is 5.69 Å². The number of halogens is 2. The Morgan fingerprint density at radius 3 is 2.71 bits per heavy atom. The Bertz CT molecular complexity index is 832. The number of benzene rings is 1. The van der Waals surface area contributed by atoms with Crippen LogP contribution in [0.25, 0.3) is 5.69 Å². The zero-order chi connectivity index (χ0) is 17.4. The Kier molecular flexibility index (Phi) is 4.04. The Hall–Kier alpha value is -2.77. The fourth-order valence-electron chi connectivity index (χ4n) is 2.90. The highest BCUT2D eigenvalue weighted by Gasteiger charge is 2.29. The molecule has 0 radical (unpaired) electrons. The number of aliphatic carboxylic acids is 1. The molecule has 126 valence electrons. The van der Waals surface area contributed by atoms with Crippen molar-refractivity contribution in [2.45, 2.75) is 19.3 Å². The van der Waals surface area contributed by atoms with Crippen LogP contribution in [0.4, 0.5) is 8.78 Å². The predicted octanol–water partition coefficient (Wildman–Crippen LogP) is 1.80. The SMILES string of the molecule is CN(CC(=O)O)C(=O)c1nn(-c2ccc(F)c(F)c2)c2c1CCC2. The summed E-state index contributed by atoms with van der Waals surface area (Å²) in [6.07, 6.45) is 2.12. The number of hydrogen-bond acceptors (Lipinski definition) is 3. The Morgan fingerprint density at radius 1 is 1.29 bits per heavy atom. The van der Waals surface area contributed by atoms with E-state index < -0.39 is 30.1 Å². The maximum absolute atomic E-state index is 13.5. The maximum atomic E-state index is 13.5. The van der Waals surface area contributed by atoms with Crippen LogP contribution in [0.1, 0.15) is 28.2 Å². The molecule has 1 aliphatic carbocycles. The molecule has 24 heavy (non-hydrogen) atoms. The summed E-state index contributed by atoms with van der Waals surface area (Å²) < 4.78 is 28.1. The van der Waals surface area contributed by atoms with Gasteiger partial charge in [-0.3, -0.25) is 9.59 Å². The molecule has 1 heterocycles. The van der Waals surface area contributed by atoms with Crippen molar-refractivity contribution < 1.29 is 23.5 Å². The molecule has 6 nitrogen and oxygen atoms in total. The average Bonchev–Trinajstić information content (AvgIpc) is 3.11. The van der Waals surface area contributed by atoms with Gasteiger partial charge in [-0.05, 0) is 31.4 Å². The number of hydrogen-bond donors (Lipinski definition) is 1. The van der Waals surface area contributed by atoms with Crippen molar-refractivity contribution in [2.75, 3.05) is 13.6 Å². The van der Waals surface area contributed by atoms with Gasteiger partial charge in [0, 0.05) is 24.4 Å². The van der Waals surface area contributed by atoms with Gasteiger partial charge in [0.15, 0.2) is 17.3 Å². The third-order valence-corrected chi connectivity index (χ3v) is 4.00. The fourth-order valence-corrected chi connectivity index (χ4v) is 2.90. The molecule has 0 spiro atoms. The van der Waals surface area contributed by atoms with Gasteiger partial charge in [-0.1, -0.05) is 0 Å². The lowest BCUT2D eigenvalue weighted by Crippen LogP contribution is -2.32. The summed E-state index contributed by atoms with van der Waals surface area (Å²) in [5, 5.41) is 13.1.